The summed E-state index contributed by atoms with van der Waals surface area (Å²) in [6.07, 6.45) is 6.70. The molecule has 1 fully saturated rings. The molecule has 3 heterocycles. The Morgan fingerprint density at radius 3 is 2.75 bits per heavy atom. The molecule has 5 rings (SSSR count). The minimum absolute atomic E-state index is 0.136. The van der Waals surface area contributed by atoms with Crippen LogP contribution in [0.3, 0.4) is 0 Å². The number of aryl methyl sites for hydroxylation is 1. The van der Waals surface area contributed by atoms with Crippen LogP contribution < -0.4 is 15.2 Å². The van der Waals surface area contributed by atoms with E-state index in [4.69, 9.17) is 15.2 Å². The van der Waals surface area contributed by atoms with Gasteiger partial charge in [-0.15, -0.1) is 0 Å². The number of nitrogens with one attached hydrogen (secondary N) is 1. The molecule has 7 heteroatoms. The minimum Gasteiger partial charge on any atom is -0.493 e. The Morgan fingerprint density at radius 2 is 1.89 bits per heavy atom. The number of fused-ring (bicyclic) bond motifs is 1. The van der Waals surface area contributed by atoms with Gasteiger partial charge in [0, 0.05) is 28.9 Å². The molecule has 1 aliphatic rings. The molecule has 0 radical (unpaired) electrons. The number of benzene rings is 2. The van der Waals surface area contributed by atoms with Crippen LogP contribution in [-0.2, 0) is 6.42 Å². The van der Waals surface area contributed by atoms with Gasteiger partial charge in [-0.25, -0.2) is 0 Å². The third-order valence-corrected chi connectivity index (χ3v) is 6.98. The zero-order valence-electron chi connectivity index (χ0n) is 21.1. The third kappa shape index (κ3) is 6.04. The Labute approximate surface area is 212 Å². The van der Waals surface area contributed by atoms with Crippen molar-refractivity contribution in [2.24, 2.45) is 11.7 Å². The quantitative estimate of drug-likeness (QED) is 0.360. The summed E-state index contributed by atoms with van der Waals surface area (Å²) in [7, 11) is 2.18. The van der Waals surface area contributed by atoms with Crippen molar-refractivity contribution in [1.29, 1.82) is 0 Å². The molecule has 1 saturated heterocycles. The first-order valence-corrected chi connectivity index (χ1v) is 12.7. The van der Waals surface area contributed by atoms with Crippen LogP contribution in [0.5, 0.6) is 11.5 Å². The van der Waals surface area contributed by atoms with E-state index >= 15 is 0 Å². The van der Waals surface area contributed by atoms with Gasteiger partial charge in [0.25, 0.3) is 0 Å². The van der Waals surface area contributed by atoms with Gasteiger partial charge in [-0.1, -0.05) is 18.2 Å². The van der Waals surface area contributed by atoms with Crippen molar-refractivity contribution in [2.45, 2.75) is 32.2 Å². The van der Waals surface area contributed by atoms with Crippen LogP contribution in [0.25, 0.3) is 22.0 Å². The highest BCUT2D eigenvalue weighted by Gasteiger charge is 2.17. The molecular weight excluding hydrogens is 450 g/mol. The summed E-state index contributed by atoms with van der Waals surface area (Å²) < 4.78 is 12.1. The Balaban J connectivity index is 1.15. The Morgan fingerprint density at radius 1 is 1.03 bits per heavy atom. The number of hydrogen-bond donors (Lipinski definition) is 2. The average molecular weight is 486 g/mol. The van der Waals surface area contributed by atoms with Gasteiger partial charge in [0.15, 0.2) is 0 Å². The number of pyridine rings is 1. The molecule has 0 aliphatic carbocycles. The highest BCUT2D eigenvalue weighted by atomic mass is 16.5. The molecule has 0 saturated carbocycles. The van der Waals surface area contributed by atoms with Crippen molar-refractivity contribution in [3.05, 3.63) is 72.2 Å². The molecule has 3 N–H and O–H groups in total. The second-order valence-electron chi connectivity index (χ2n) is 9.97. The first-order chi connectivity index (χ1) is 17.5. The predicted molar refractivity (Wildman–Crippen MR) is 143 cm³/mol. The number of piperidine rings is 1. The van der Waals surface area contributed by atoms with Gasteiger partial charge in [0.05, 0.1) is 18.3 Å². The first-order valence-electron chi connectivity index (χ1n) is 12.7. The fourth-order valence-electron chi connectivity index (χ4n) is 4.74. The largest absolute Gasteiger partial charge is 0.493 e. The van der Waals surface area contributed by atoms with E-state index < -0.39 is 0 Å². The number of H-pyrrole nitrogens is 1. The highest BCUT2D eigenvalue weighted by Crippen LogP contribution is 2.27. The smallest absolute Gasteiger partial charge is 0.138 e. The molecule has 1 atom stereocenters. The van der Waals surface area contributed by atoms with Crippen molar-refractivity contribution in [2.75, 3.05) is 33.4 Å². The van der Waals surface area contributed by atoms with E-state index in [1.54, 1.807) is 6.20 Å². The number of rotatable bonds is 9. The fourth-order valence-corrected chi connectivity index (χ4v) is 4.74. The van der Waals surface area contributed by atoms with E-state index in [0.717, 1.165) is 65.2 Å². The van der Waals surface area contributed by atoms with Crippen LogP contribution in [0.1, 0.15) is 24.1 Å². The summed E-state index contributed by atoms with van der Waals surface area (Å²) >= 11 is 0. The topological polar surface area (TPSA) is 89.3 Å². The fraction of sp³-hybridized carbons (Fsp3) is 0.379. The monoisotopic (exact) mass is 485 g/mol. The number of nitrogens with two attached hydrogens (primary N) is 1. The molecule has 0 bridgehead atoms. The van der Waals surface area contributed by atoms with Crippen LogP contribution in [0, 0.1) is 12.8 Å². The Hall–Kier alpha value is -3.42. The molecule has 0 spiro atoms. The lowest BCUT2D eigenvalue weighted by molar-refractivity contribution is 0.160. The zero-order valence-corrected chi connectivity index (χ0v) is 21.1. The van der Waals surface area contributed by atoms with Crippen molar-refractivity contribution < 1.29 is 9.47 Å². The molecule has 4 aromatic rings. The molecule has 0 amide bonds. The first kappa shape index (κ1) is 24.3. The number of likely N-dealkylation sites (tertiary alicyclic amines) is 1. The summed E-state index contributed by atoms with van der Waals surface area (Å²) in [5, 5.41) is 8.45. The Bertz CT molecular complexity index is 1300. The number of aromatic nitrogens is 3. The maximum atomic E-state index is 6.42. The maximum Gasteiger partial charge on any atom is 0.138 e. The van der Waals surface area contributed by atoms with E-state index in [0.29, 0.717) is 18.3 Å². The SMILES string of the molecule is Cc1[nH]nc2ccc(-c3cncc(OC[C@@H](N)Cc4cccc(OCC5CCN(C)CC5)c4)c3)cc12. The van der Waals surface area contributed by atoms with Gasteiger partial charge in [-0.3, -0.25) is 10.1 Å². The van der Waals surface area contributed by atoms with Gasteiger partial charge in [-0.05, 0) is 93.7 Å². The molecule has 0 unspecified atom stereocenters. The van der Waals surface area contributed by atoms with Gasteiger partial charge >= 0.3 is 0 Å². The lowest BCUT2D eigenvalue weighted by Gasteiger charge is -2.28. The van der Waals surface area contributed by atoms with E-state index in [1.807, 2.05) is 37.4 Å². The molecule has 36 heavy (non-hydrogen) atoms. The summed E-state index contributed by atoms with van der Waals surface area (Å²) in [6.45, 7) is 5.52. The lowest BCUT2D eigenvalue weighted by Crippen LogP contribution is -2.32. The van der Waals surface area contributed by atoms with Gasteiger partial charge in [-0.2, -0.15) is 5.10 Å². The molecule has 7 nitrogen and oxygen atoms in total. The van der Waals surface area contributed by atoms with E-state index in [1.165, 1.54) is 12.8 Å². The van der Waals surface area contributed by atoms with Crippen LogP contribution in [0.4, 0.5) is 0 Å². The van der Waals surface area contributed by atoms with Crippen LogP contribution in [0.2, 0.25) is 0 Å². The van der Waals surface area contributed by atoms with Gasteiger partial charge in [0.1, 0.15) is 18.1 Å². The standard InChI is InChI=1S/C29H35N5O2/c1-20-28-15-23(6-7-29(28)33-32-20)24-14-27(17-31-16-24)36-19-25(30)12-22-4-3-5-26(13-22)35-18-21-8-10-34(2)11-9-21/h3-7,13-17,21,25H,8-12,18-19,30H2,1-2H3,(H,32,33)/t25-/m0/s1. The molecular formula is C29H35N5O2. The van der Waals surface area contributed by atoms with Crippen LogP contribution in [-0.4, -0.2) is 59.5 Å². The highest BCUT2D eigenvalue weighted by molar-refractivity contribution is 5.86. The summed E-state index contributed by atoms with van der Waals surface area (Å²) in [5.41, 5.74) is 11.7. The number of aromatic amines is 1. The number of hydrogen-bond acceptors (Lipinski definition) is 6. The van der Waals surface area contributed by atoms with E-state index in [2.05, 4.69) is 51.4 Å². The molecule has 2 aromatic carbocycles. The third-order valence-electron chi connectivity index (χ3n) is 6.98. The molecule has 1 aliphatic heterocycles. The average Bonchev–Trinajstić information content (AvgIpc) is 3.27. The van der Waals surface area contributed by atoms with Crippen molar-refractivity contribution >= 4 is 10.9 Å². The minimum atomic E-state index is -0.136. The van der Waals surface area contributed by atoms with Crippen LogP contribution >= 0.6 is 0 Å². The molecule has 2 aromatic heterocycles. The Kier molecular flexibility index (Phi) is 7.49. The van der Waals surface area contributed by atoms with Crippen LogP contribution in [0.15, 0.2) is 60.9 Å². The summed E-state index contributed by atoms with van der Waals surface area (Å²) in [4.78, 5) is 6.76. The zero-order chi connectivity index (χ0) is 24.9. The maximum absolute atomic E-state index is 6.42. The van der Waals surface area contributed by atoms with E-state index in [-0.39, 0.29) is 6.04 Å². The van der Waals surface area contributed by atoms with E-state index in [9.17, 15) is 0 Å². The predicted octanol–water partition coefficient (Wildman–Crippen LogP) is 4.60. The molecule has 188 valence electrons. The van der Waals surface area contributed by atoms with Crippen molar-refractivity contribution in [1.82, 2.24) is 20.1 Å². The lowest BCUT2D eigenvalue weighted by atomic mass is 9.98. The van der Waals surface area contributed by atoms with Crippen molar-refractivity contribution in [3.63, 3.8) is 0 Å². The van der Waals surface area contributed by atoms with Gasteiger partial charge < -0.3 is 20.1 Å². The number of ether oxygens (including phenoxy) is 2. The second-order valence-corrected chi connectivity index (χ2v) is 9.97. The second kappa shape index (κ2) is 11.1. The van der Waals surface area contributed by atoms with Crippen molar-refractivity contribution in [3.8, 4) is 22.6 Å². The normalized spacial score (nSPS) is 15.8. The number of nitrogens with zero attached hydrogens (tertiary/aromatic N) is 3. The summed E-state index contributed by atoms with van der Waals surface area (Å²) in [6, 6.07) is 16.3. The van der Waals surface area contributed by atoms with Gasteiger partial charge in [0.2, 0.25) is 0 Å². The summed E-state index contributed by atoms with van der Waals surface area (Å²) in [5.74, 6) is 2.26.